The van der Waals surface area contributed by atoms with Crippen molar-refractivity contribution in [3.8, 4) is 11.1 Å². The molecule has 1 saturated heterocycles. The van der Waals surface area contributed by atoms with Crippen molar-refractivity contribution in [2.75, 3.05) is 19.6 Å². The van der Waals surface area contributed by atoms with E-state index in [0.29, 0.717) is 23.3 Å². The highest BCUT2D eigenvalue weighted by atomic mass is 32.2. The van der Waals surface area contributed by atoms with Crippen LogP contribution in [0.15, 0.2) is 46.1 Å². The zero-order valence-corrected chi connectivity index (χ0v) is 17.2. The number of aromatic nitrogens is 1. The second-order valence-electron chi connectivity index (χ2n) is 8.60. The zero-order chi connectivity index (χ0) is 20.1. The first-order valence-electron chi connectivity index (χ1n) is 9.81. The number of piperidine rings is 1. The molecule has 0 amide bonds. The first kappa shape index (κ1) is 19.4. The number of pyridine rings is 1. The lowest BCUT2D eigenvalue weighted by Gasteiger charge is -2.43. The molecule has 1 aromatic carbocycles. The van der Waals surface area contributed by atoms with Gasteiger partial charge >= 0.3 is 0 Å². The Morgan fingerprint density at radius 1 is 1.11 bits per heavy atom. The summed E-state index contributed by atoms with van der Waals surface area (Å²) < 4.78 is 25.3. The molecule has 0 spiro atoms. The van der Waals surface area contributed by atoms with Gasteiger partial charge in [-0.25, -0.2) is 13.6 Å². The van der Waals surface area contributed by atoms with E-state index < -0.39 is 10.0 Å². The Hall–Kier alpha value is -1.96. The predicted molar refractivity (Wildman–Crippen MR) is 110 cm³/mol. The maximum Gasteiger partial charge on any atom is 0.251 e. The minimum Gasteiger partial charge on any atom is -0.312 e. The Balaban J connectivity index is 1.73. The highest BCUT2D eigenvalue weighted by Crippen LogP contribution is 2.36. The number of nitrogens with two attached hydrogens (primary N) is 1. The number of fused-ring (bicyclic) bond motifs is 4. The number of likely N-dealkylation sites (tertiary alicyclic amines) is 1. The van der Waals surface area contributed by atoms with Gasteiger partial charge in [0.05, 0.1) is 4.90 Å². The van der Waals surface area contributed by atoms with Gasteiger partial charge in [0.25, 0.3) is 5.56 Å². The number of sulfonamides is 1. The Labute approximate surface area is 166 Å². The highest BCUT2D eigenvalue weighted by Gasteiger charge is 2.35. The lowest BCUT2D eigenvalue weighted by atomic mass is 9.82. The second-order valence-corrected chi connectivity index (χ2v) is 10.2. The average molecular weight is 402 g/mol. The van der Waals surface area contributed by atoms with Crippen LogP contribution in [0.4, 0.5) is 0 Å². The third kappa shape index (κ3) is 3.79. The summed E-state index contributed by atoms with van der Waals surface area (Å²) >= 11 is 0. The smallest absolute Gasteiger partial charge is 0.251 e. The van der Waals surface area contributed by atoms with Crippen LogP contribution in [0.2, 0.25) is 0 Å². The monoisotopic (exact) mass is 401 g/mol. The van der Waals surface area contributed by atoms with Crippen LogP contribution in [0.1, 0.15) is 31.9 Å². The molecule has 2 aromatic rings. The molecule has 1 fully saturated rings. The molecule has 28 heavy (non-hydrogen) atoms. The first-order valence-corrected chi connectivity index (χ1v) is 11.4. The van der Waals surface area contributed by atoms with Crippen LogP contribution in [-0.4, -0.2) is 37.5 Å². The van der Waals surface area contributed by atoms with Crippen molar-refractivity contribution in [2.45, 2.75) is 37.6 Å². The van der Waals surface area contributed by atoms with Crippen molar-refractivity contribution in [2.24, 2.45) is 17.0 Å². The van der Waals surface area contributed by atoms with E-state index in [4.69, 9.17) is 5.14 Å². The van der Waals surface area contributed by atoms with E-state index in [1.54, 1.807) is 18.2 Å². The lowest BCUT2D eigenvalue weighted by molar-refractivity contribution is 0.109. The summed E-state index contributed by atoms with van der Waals surface area (Å²) in [5.41, 5.74) is 2.50. The van der Waals surface area contributed by atoms with Gasteiger partial charge in [0.15, 0.2) is 0 Å². The Kier molecular flexibility index (Phi) is 4.93. The van der Waals surface area contributed by atoms with E-state index in [1.807, 2.05) is 10.6 Å². The van der Waals surface area contributed by atoms with Crippen LogP contribution in [0, 0.1) is 11.8 Å². The lowest BCUT2D eigenvalue weighted by Crippen LogP contribution is -2.48. The summed E-state index contributed by atoms with van der Waals surface area (Å²) in [6, 6.07) is 10.2. The van der Waals surface area contributed by atoms with E-state index >= 15 is 0 Å². The summed E-state index contributed by atoms with van der Waals surface area (Å²) in [5.74, 6) is 1.47. The van der Waals surface area contributed by atoms with Crippen LogP contribution in [0.3, 0.4) is 0 Å². The molecule has 150 valence electrons. The molecule has 0 aliphatic carbocycles. The molecule has 6 nitrogen and oxygen atoms in total. The van der Waals surface area contributed by atoms with Gasteiger partial charge in [0.2, 0.25) is 10.0 Å². The molecule has 2 aliphatic rings. The van der Waals surface area contributed by atoms with Gasteiger partial charge in [-0.1, -0.05) is 26.0 Å². The van der Waals surface area contributed by atoms with Gasteiger partial charge in [0.1, 0.15) is 0 Å². The standard InChI is InChI=1S/C21H27N3O3S/c1-14(2)10-23-11-15-6-18(13-23)20-8-17(9-21(25)24(20)12-15)16-4-3-5-19(7-16)28(22,26)27/h3-5,7-9,14-15,18H,6,10-13H2,1-2H3,(H2,22,26,27)/t15-,18+/m0/s1. The van der Waals surface area contributed by atoms with Gasteiger partial charge in [0, 0.05) is 43.9 Å². The van der Waals surface area contributed by atoms with Crippen molar-refractivity contribution in [1.82, 2.24) is 9.47 Å². The molecule has 0 unspecified atom stereocenters. The van der Waals surface area contributed by atoms with Gasteiger partial charge in [-0.3, -0.25) is 4.79 Å². The number of benzene rings is 1. The number of hydrogen-bond donors (Lipinski definition) is 1. The van der Waals surface area contributed by atoms with E-state index in [2.05, 4.69) is 24.8 Å². The third-order valence-electron chi connectivity index (χ3n) is 5.75. The van der Waals surface area contributed by atoms with Gasteiger partial charge < -0.3 is 9.47 Å². The van der Waals surface area contributed by atoms with Gasteiger partial charge in [-0.15, -0.1) is 0 Å². The fourth-order valence-electron chi connectivity index (χ4n) is 4.74. The van der Waals surface area contributed by atoms with Crippen molar-refractivity contribution in [3.05, 3.63) is 52.4 Å². The van der Waals surface area contributed by atoms with E-state index in [9.17, 15) is 13.2 Å². The fraction of sp³-hybridized carbons (Fsp3) is 0.476. The summed E-state index contributed by atoms with van der Waals surface area (Å²) in [6.45, 7) is 8.33. The van der Waals surface area contributed by atoms with Crippen LogP contribution in [0.25, 0.3) is 11.1 Å². The molecule has 0 radical (unpaired) electrons. The maximum atomic E-state index is 12.8. The minimum atomic E-state index is -3.78. The minimum absolute atomic E-state index is 0.0134. The van der Waals surface area contributed by atoms with Crippen molar-refractivity contribution >= 4 is 10.0 Å². The number of rotatable bonds is 4. The van der Waals surface area contributed by atoms with Crippen LogP contribution < -0.4 is 10.7 Å². The van der Waals surface area contributed by atoms with Gasteiger partial charge in [-0.05, 0) is 47.6 Å². The molecule has 3 heterocycles. The summed E-state index contributed by atoms with van der Waals surface area (Å²) in [5, 5.41) is 5.27. The first-order chi connectivity index (χ1) is 13.2. The van der Waals surface area contributed by atoms with Crippen molar-refractivity contribution in [1.29, 1.82) is 0 Å². The quantitative estimate of drug-likeness (QED) is 0.851. The number of hydrogen-bond acceptors (Lipinski definition) is 4. The topological polar surface area (TPSA) is 85.4 Å². The Morgan fingerprint density at radius 3 is 2.61 bits per heavy atom. The average Bonchev–Trinajstić information content (AvgIpc) is 2.61. The molecular formula is C21H27N3O3S. The molecule has 4 rings (SSSR count). The van der Waals surface area contributed by atoms with Crippen LogP contribution in [-0.2, 0) is 16.6 Å². The summed E-state index contributed by atoms with van der Waals surface area (Å²) in [7, 11) is -3.78. The predicted octanol–water partition coefficient (Wildman–Crippen LogP) is 2.24. The molecule has 2 aliphatic heterocycles. The third-order valence-corrected chi connectivity index (χ3v) is 6.66. The largest absolute Gasteiger partial charge is 0.312 e. The fourth-order valence-corrected chi connectivity index (χ4v) is 5.30. The second kappa shape index (κ2) is 7.13. The SMILES string of the molecule is CC(C)CN1C[C@@H]2C[C@H](C1)c1cc(-c3cccc(S(N)(=O)=O)c3)cc(=O)n1C2. The molecule has 2 bridgehead atoms. The molecule has 2 atom stereocenters. The number of primary sulfonamides is 1. The molecular weight excluding hydrogens is 374 g/mol. The molecule has 7 heteroatoms. The summed E-state index contributed by atoms with van der Waals surface area (Å²) in [4.78, 5) is 15.4. The van der Waals surface area contributed by atoms with Crippen LogP contribution in [0.5, 0.6) is 0 Å². The zero-order valence-electron chi connectivity index (χ0n) is 16.3. The Bertz CT molecular complexity index is 1060. The Morgan fingerprint density at radius 2 is 1.89 bits per heavy atom. The molecule has 1 aromatic heterocycles. The van der Waals surface area contributed by atoms with E-state index in [1.165, 1.54) is 6.07 Å². The molecule has 2 N–H and O–H groups in total. The van der Waals surface area contributed by atoms with Crippen LogP contribution >= 0.6 is 0 Å². The van der Waals surface area contributed by atoms with Crippen molar-refractivity contribution < 1.29 is 8.42 Å². The van der Waals surface area contributed by atoms with E-state index in [-0.39, 0.29) is 10.5 Å². The molecule has 0 saturated carbocycles. The summed E-state index contributed by atoms with van der Waals surface area (Å²) in [6.07, 6.45) is 1.11. The van der Waals surface area contributed by atoms with Crippen molar-refractivity contribution in [3.63, 3.8) is 0 Å². The highest BCUT2D eigenvalue weighted by molar-refractivity contribution is 7.89. The normalized spacial score (nSPS) is 22.3. The maximum absolute atomic E-state index is 12.8. The van der Waals surface area contributed by atoms with Gasteiger partial charge in [-0.2, -0.15) is 0 Å². The number of nitrogens with zero attached hydrogens (tertiary/aromatic N) is 2. The van der Waals surface area contributed by atoms with E-state index in [0.717, 1.165) is 43.9 Å².